The summed E-state index contributed by atoms with van der Waals surface area (Å²) in [7, 11) is 0. The topological polar surface area (TPSA) is 79.2 Å². The fourth-order valence-corrected chi connectivity index (χ4v) is 2.67. The molecule has 0 spiro atoms. The summed E-state index contributed by atoms with van der Waals surface area (Å²) in [4.78, 5) is 28.2. The predicted octanol–water partition coefficient (Wildman–Crippen LogP) is 1.19. The van der Waals surface area contributed by atoms with E-state index < -0.39 is 6.04 Å². The zero-order chi connectivity index (χ0) is 14.1. The van der Waals surface area contributed by atoms with Crippen LogP contribution in [0.25, 0.3) is 10.9 Å². The molecule has 0 aliphatic carbocycles. The number of nitrogens with two attached hydrogens (primary N) is 1. The van der Waals surface area contributed by atoms with Crippen molar-refractivity contribution in [3.05, 3.63) is 36.0 Å². The molecule has 2 heterocycles. The largest absolute Gasteiger partial charge is 0.361 e. The number of hydrogen-bond acceptors (Lipinski definition) is 3. The Morgan fingerprint density at radius 2 is 2.10 bits per heavy atom. The Kier molecular flexibility index (Phi) is 3.28. The van der Waals surface area contributed by atoms with Crippen molar-refractivity contribution in [1.29, 1.82) is 0 Å². The second-order valence-electron chi connectivity index (χ2n) is 5.14. The molecule has 1 aromatic carbocycles. The number of benzene rings is 1. The third kappa shape index (κ3) is 2.20. The summed E-state index contributed by atoms with van der Waals surface area (Å²) in [6, 6.07) is 7.46. The number of hydrogen-bond donors (Lipinski definition) is 2. The van der Waals surface area contributed by atoms with Gasteiger partial charge < -0.3 is 10.7 Å². The number of aromatic amines is 1. The van der Waals surface area contributed by atoms with Gasteiger partial charge in [-0.25, -0.2) is 0 Å². The van der Waals surface area contributed by atoms with Crippen LogP contribution in [-0.2, 0) is 16.0 Å². The van der Waals surface area contributed by atoms with Crippen LogP contribution in [0.1, 0.15) is 18.4 Å². The van der Waals surface area contributed by atoms with Crippen molar-refractivity contribution in [2.24, 2.45) is 5.73 Å². The highest BCUT2D eigenvalue weighted by molar-refractivity contribution is 6.00. The summed E-state index contributed by atoms with van der Waals surface area (Å²) >= 11 is 0. The monoisotopic (exact) mass is 271 g/mol. The fraction of sp³-hybridized carbons (Fsp3) is 0.333. The number of para-hydroxylation sites is 1. The second kappa shape index (κ2) is 5.09. The maximum Gasteiger partial charge on any atom is 0.246 e. The molecule has 0 bridgehead atoms. The first-order valence-electron chi connectivity index (χ1n) is 6.81. The first-order valence-corrected chi connectivity index (χ1v) is 6.81. The summed E-state index contributed by atoms with van der Waals surface area (Å²) in [6.45, 7) is 0.396. The minimum atomic E-state index is -0.532. The molecule has 0 saturated carbocycles. The molecule has 0 unspecified atom stereocenters. The zero-order valence-electron chi connectivity index (χ0n) is 11.1. The Hall–Kier alpha value is -2.14. The van der Waals surface area contributed by atoms with Crippen LogP contribution in [0.4, 0.5) is 0 Å². The third-order valence-electron chi connectivity index (χ3n) is 3.83. The maximum absolute atomic E-state index is 11.9. The van der Waals surface area contributed by atoms with Crippen molar-refractivity contribution in [2.45, 2.75) is 25.3 Å². The van der Waals surface area contributed by atoms with Crippen molar-refractivity contribution >= 4 is 22.7 Å². The van der Waals surface area contributed by atoms with Crippen molar-refractivity contribution in [1.82, 2.24) is 9.88 Å². The minimum absolute atomic E-state index is 0.114. The number of likely N-dealkylation sites (tertiary alicyclic amines) is 1. The molecule has 5 nitrogen and oxygen atoms in total. The molecule has 1 saturated heterocycles. The van der Waals surface area contributed by atoms with Gasteiger partial charge in [-0.05, 0) is 24.5 Å². The number of piperidine rings is 1. The van der Waals surface area contributed by atoms with Crippen LogP contribution < -0.4 is 5.73 Å². The molecule has 2 aromatic rings. The SMILES string of the molecule is N[C@H]1CCC(=O)N(CCc2c[nH]c3ccccc23)C1=O. The predicted molar refractivity (Wildman–Crippen MR) is 75.9 cm³/mol. The summed E-state index contributed by atoms with van der Waals surface area (Å²) in [5.41, 5.74) is 7.90. The van der Waals surface area contributed by atoms with E-state index in [1.807, 2.05) is 30.5 Å². The first-order chi connectivity index (χ1) is 9.66. The Bertz CT molecular complexity index is 662. The standard InChI is InChI=1S/C15H17N3O2/c16-12-5-6-14(19)18(15(12)20)8-7-10-9-17-13-4-2-1-3-11(10)13/h1-4,9,12,17H,5-8,16H2/t12-/m0/s1. The van der Waals surface area contributed by atoms with Gasteiger partial charge >= 0.3 is 0 Å². The Morgan fingerprint density at radius 1 is 1.30 bits per heavy atom. The summed E-state index contributed by atoms with van der Waals surface area (Å²) in [6.07, 6.45) is 3.40. The highest BCUT2D eigenvalue weighted by Crippen LogP contribution is 2.19. The lowest BCUT2D eigenvalue weighted by Crippen LogP contribution is -2.51. The van der Waals surface area contributed by atoms with Crippen LogP contribution in [-0.4, -0.2) is 34.3 Å². The van der Waals surface area contributed by atoms with Gasteiger partial charge in [-0.3, -0.25) is 14.5 Å². The fourth-order valence-electron chi connectivity index (χ4n) is 2.67. The van der Waals surface area contributed by atoms with Gasteiger partial charge in [-0.2, -0.15) is 0 Å². The normalized spacial score (nSPS) is 19.9. The van der Waals surface area contributed by atoms with Crippen molar-refractivity contribution in [3.8, 4) is 0 Å². The number of nitrogens with one attached hydrogen (secondary N) is 1. The molecule has 104 valence electrons. The van der Waals surface area contributed by atoms with E-state index in [9.17, 15) is 9.59 Å². The lowest BCUT2D eigenvalue weighted by atomic mass is 10.0. The van der Waals surface area contributed by atoms with E-state index in [0.717, 1.165) is 16.5 Å². The molecule has 1 fully saturated rings. The Morgan fingerprint density at radius 3 is 2.95 bits per heavy atom. The smallest absolute Gasteiger partial charge is 0.246 e. The molecule has 0 radical (unpaired) electrons. The number of aromatic nitrogens is 1. The molecule has 1 atom stereocenters. The molecule has 3 rings (SSSR count). The molecular weight excluding hydrogens is 254 g/mol. The summed E-state index contributed by atoms with van der Waals surface area (Å²) in [5, 5.41) is 1.13. The molecule has 20 heavy (non-hydrogen) atoms. The number of H-pyrrole nitrogens is 1. The highest BCUT2D eigenvalue weighted by Gasteiger charge is 2.31. The molecule has 2 amide bonds. The lowest BCUT2D eigenvalue weighted by Gasteiger charge is -2.28. The van der Waals surface area contributed by atoms with Crippen LogP contribution in [0.2, 0.25) is 0 Å². The number of imide groups is 1. The van der Waals surface area contributed by atoms with Crippen molar-refractivity contribution < 1.29 is 9.59 Å². The maximum atomic E-state index is 11.9. The summed E-state index contributed by atoms with van der Waals surface area (Å²) in [5.74, 6) is -0.363. The van der Waals surface area contributed by atoms with Crippen LogP contribution in [0.15, 0.2) is 30.5 Å². The molecule has 1 aliphatic heterocycles. The number of carbonyl (C=O) groups is 2. The van der Waals surface area contributed by atoms with E-state index >= 15 is 0 Å². The van der Waals surface area contributed by atoms with Crippen LogP contribution >= 0.6 is 0 Å². The highest BCUT2D eigenvalue weighted by atomic mass is 16.2. The molecule has 1 aliphatic rings. The number of nitrogens with zero attached hydrogens (tertiary/aromatic N) is 1. The van der Waals surface area contributed by atoms with Crippen LogP contribution in [0.5, 0.6) is 0 Å². The number of fused-ring (bicyclic) bond motifs is 1. The van der Waals surface area contributed by atoms with Crippen molar-refractivity contribution in [3.63, 3.8) is 0 Å². The average Bonchev–Trinajstić information content (AvgIpc) is 2.87. The van der Waals surface area contributed by atoms with E-state index in [0.29, 0.717) is 25.8 Å². The van der Waals surface area contributed by atoms with Crippen molar-refractivity contribution in [2.75, 3.05) is 6.54 Å². The lowest BCUT2D eigenvalue weighted by molar-refractivity contribution is -0.149. The van der Waals surface area contributed by atoms with E-state index in [1.54, 1.807) is 0 Å². The quantitative estimate of drug-likeness (QED) is 0.823. The van der Waals surface area contributed by atoms with E-state index in [4.69, 9.17) is 5.73 Å². The molecular formula is C15H17N3O2. The van der Waals surface area contributed by atoms with E-state index in [1.165, 1.54) is 4.90 Å². The van der Waals surface area contributed by atoms with Gasteiger partial charge in [0.2, 0.25) is 11.8 Å². The van der Waals surface area contributed by atoms with E-state index in [-0.39, 0.29) is 11.8 Å². The first kappa shape index (κ1) is 12.9. The number of amides is 2. The van der Waals surface area contributed by atoms with Gasteiger partial charge in [0.25, 0.3) is 0 Å². The number of rotatable bonds is 3. The molecule has 3 N–H and O–H groups in total. The van der Waals surface area contributed by atoms with Gasteiger partial charge in [0.05, 0.1) is 6.04 Å². The zero-order valence-corrected chi connectivity index (χ0v) is 11.1. The molecule has 5 heteroatoms. The third-order valence-corrected chi connectivity index (χ3v) is 3.83. The van der Waals surface area contributed by atoms with Crippen LogP contribution in [0.3, 0.4) is 0 Å². The molecule has 1 aromatic heterocycles. The Labute approximate surface area is 116 Å². The van der Waals surface area contributed by atoms with E-state index in [2.05, 4.69) is 4.98 Å². The Balaban J connectivity index is 1.75. The van der Waals surface area contributed by atoms with Gasteiger partial charge in [0.15, 0.2) is 0 Å². The minimum Gasteiger partial charge on any atom is -0.361 e. The summed E-state index contributed by atoms with van der Waals surface area (Å²) < 4.78 is 0. The van der Waals surface area contributed by atoms with Gasteiger partial charge in [-0.1, -0.05) is 18.2 Å². The van der Waals surface area contributed by atoms with Crippen LogP contribution in [0, 0.1) is 0 Å². The van der Waals surface area contributed by atoms with Gasteiger partial charge in [-0.15, -0.1) is 0 Å². The van der Waals surface area contributed by atoms with Gasteiger partial charge in [0, 0.05) is 30.1 Å². The van der Waals surface area contributed by atoms with Gasteiger partial charge in [0.1, 0.15) is 0 Å². The average molecular weight is 271 g/mol. The number of carbonyl (C=O) groups excluding carboxylic acids is 2. The second-order valence-corrected chi connectivity index (χ2v) is 5.14.